The van der Waals surface area contributed by atoms with Crippen LogP contribution in [0.5, 0.6) is 0 Å². The number of cyclic esters (lactones) is 1. The molecule has 0 aromatic heterocycles. The van der Waals surface area contributed by atoms with Crippen LogP contribution in [0.4, 0.5) is 15.3 Å². The van der Waals surface area contributed by atoms with E-state index < -0.39 is 83.6 Å². The van der Waals surface area contributed by atoms with Crippen molar-refractivity contribution < 1.29 is 77.4 Å². The van der Waals surface area contributed by atoms with Crippen molar-refractivity contribution in [2.45, 2.75) is 187 Å². The molecule has 7 amide bonds. The molecule has 0 aliphatic carbocycles. The van der Waals surface area contributed by atoms with Crippen LogP contribution in [0.1, 0.15) is 126 Å². The second kappa shape index (κ2) is 30.7. The molecule has 12 atom stereocenters. The number of ether oxygens (including phenoxy) is 5. The number of hydrogen-bond acceptors (Lipinski definition) is 16. The van der Waals surface area contributed by atoms with Crippen molar-refractivity contribution in [2.75, 3.05) is 45.2 Å². The number of aliphatic hydroxyl groups excluding tert-OH is 2. The van der Waals surface area contributed by atoms with Crippen molar-refractivity contribution in [1.29, 1.82) is 0 Å². The number of epoxide rings is 1. The highest BCUT2D eigenvalue weighted by atomic mass is 16.6. The number of nitrogens with zero attached hydrogens (tertiary/aromatic N) is 3. The number of rotatable bonds is 24. The highest BCUT2D eigenvalue weighted by Gasteiger charge is 2.47. The second-order valence-electron chi connectivity index (χ2n) is 22.9. The van der Waals surface area contributed by atoms with Gasteiger partial charge in [0.25, 0.3) is 11.8 Å². The number of anilines is 1. The summed E-state index contributed by atoms with van der Waals surface area (Å²) in [5, 5.41) is 40.5. The number of imide groups is 1. The van der Waals surface area contributed by atoms with Crippen LogP contribution in [0.2, 0.25) is 0 Å². The smallest absolute Gasteiger partial charge is 0.410 e. The molecule has 6 N–H and O–H groups in total. The lowest BCUT2D eigenvalue weighted by Crippen LogP contribution is -2.53. The Morgan fingerprint density at radius 2 is 1.56 bits per heavy atom. The summed E-state index contributed by atoms with van der Waals surface area (Å²) in [7, 11) is 1.49. The number of carbonyl (C=O) groups is 8. The average molecular weight is 1150 g/mol. The zero-order valence-electron chi connectivity index (χ0n) is 49.3. The molecule has 5 rings (SSSR count). The number of hydrogen-bond donors (Lipinski definition) is 6. The normalized spacial score (nSPS) is 26.1. The van der Waals surface area contributed by atoms with Crippen molar-refractivity contribution >= 4 is 53.4 Å². The summed E-state index contributed by atoms with van der Waals surface area (Å²) < 4.78 is 29.4. The molecule has 4 aliphatic rings. The van der Waals surface area contributed by atoms with Gasteiger partial charge in [-0.15, -0.1) is 0 Å². The summed E-state index contributed by atoms with van der Waals surface area (Å²) in [4.78, 5) is 107. The van der Waals surface area contributed by atoms with Crippen molar-refractivity contribution in [3.63, 3.8) is 0 Å². The van der Waals surface area contributed by atoms with Gasteiger partial charge in [-0.3, -0.25) is 33.7 Å². The fraction of sp³-hybridized carbons (Fsp3) is 0.633. The second-order valence-corrected chi connectivity index (χ2v) is 22.9. The molecular formula is C60H88N6O16. The molecule has 1 aromatic carbocycles. The third-order valence-electron chi connectivity index (χ3n) is 15.6. The highest BCUT2D eigenvalue weighted by molar-refractivity contribution is 6.12. The van der Waals surface area contributed by atoms with Gasteiger partial charge in [0.1, 0.15) is 30.4 Å². The first kappa shape index (κ1) is 66.3. The Hall–Kier alpha value is -6.46. The number of esters is 1. The maximum Gasteiger partial charge on any atom is 0.410 e. The van der Waals surface area contributed by atoms with Crippen LogP contribution in [0.3, 0.4) is 0 Å². The first-order chi connectivity index (χ1) is 38.7. The van der Waals surface area contributed by atoms with Gasteiger partial charge in [0, 0.05) is 82.4 Å². The minimum atomic E-state index is -1.22. The Morgan fingerprint density at radius 1 is 0.915 bits per heavy atom. The van der Waals surface area contributed by atoms with Crippen molar-refractivity contribution in [3.8, 4) is 0 Å². The number of amides is 7. The standard InChI is InChI=1S/C60H88N6O16/c1-11-45(68)40(6)54-46(80-54)35-59(8,77)27-15-16-38(4)53-39(5)18-23-47(60(9,78-10)28-26-44(67)34-51(72)82-53)81-58(76)65-32-30-64(31-33-65)57(75)79-36-42-19-21-43(22-20-42)62-55(73)41(7)61-56(74)52(37(2)3)63-48(69)17-13-12-14-29-66-49(70)24-25-50(66)71/h15-16,18-25,27,37,39-41,44-47,52-54,67-68,77H,11-14,17,26,28-36H2,1-10H3,(H,61,74)(H,62,73)(H,63,69)/b23-18+,27-15+,38-16+/t39-,40+,41-,44+,45-,46+,47-,52-,53+,54+,59?,60+/m0/s1. The molecule has 0 spiro atoms. The Labute approximate surface area is 482 Å². The van der Waals surface area contributed by atoms with Crippen LogP contribution >= 0.6 is 0 Å². The van der Waals surface area contributed by atoms with Gasteiger partial charge in [0.15, 0.2) is 6.10 Å². The van der Waals surface area contributed by atoms with Crippen LogP contribution < -0.4 is 16.0 Å². The van der Waals surface area contributed by atoms with E-state index in [1.54, 1.807) is 89.3 Å². The summed E-state index contributed by atoms with van der Waals surface area (Å²) in [5.41, 5.74) is -0.598. The summed E-state index contributed by atoms with van der Waals surface area (Å²) in [6.45, 7) is 16.8. The molecule has 2 fully saturated rings. The van der Waals surface area contributed by atoms with E-state index in [1.165, 1.54) is 36.0 Å². The minimum absolute atomic E-state index is 0.0538. The van der Waals surface area contributed by atoms with E-state index in [-0.39, 0.29) is 107 Å². The topological polar surface area (TPSA) is 293 Å². The molecule has 2 saturated heterocycles. The number of aliphatic hydroxyl groups is 3. The zero-order valence-corrected chi connectivity index (χ0v) is 49.3. The Morgan fingerprint density at radius 3 is 2.18 bits per heavy atom. The summed E-state index contributed by atoms with van der Waals surface area (Å²) in [5.74, 6) is -3.41. The maximum absolute atomic E-state index is 13.8. The number of allylic oxidation sites excluding steroid dienone is 2. The third kappa shape index (κ3) is 19.9. The van der Waals surface area contributed by atoms with Crippen molar-refractivity contribution in [2.24, 2.45) is 17.8 Å². The number of unbranched alkanes of at least 4 members (excludes halogenated alkanes) is 2. The van der Waals surface area contributed by atoms with E-state index in [2.05, 4.69) is 16.0 Å². The minimum Gasteiger partial charge on any atom is -0.457 e. The Balaban J connectivity index is 1.07. The number of piperazine rings is 1. The molecule has 0 radical (unpaired) electrons. The van der Waals surface area contributed by atoms with E-state index in [0.29, 0.717) is 48.9 Å². The number of carbonyl (C=O) groups excluding carboxylic acids is 8. The van der Waals surface area contributed by atoms with Crippen LogP contribution in [-0.4, -0.2) is 177 Å². The van der Waals surface area contributed by atoms with E-state index >= 15 is 0 Å². The SMILES string of the molecule is CC[C@H](O)[C@@H](C)[C@H]1O[C@@H]1CC(C)(O)/C=C/C=C(\C)[C@H]1OC(=O)C[C@H](O)CC[C@@](C)(OC)[C@@H](OC(=O)N2CCN(C(=O)OCc3ccc(NC(=O)[C@H](C)NC(=O)[C@@H](NC(=O)CCCCCN4C(=O)C=CC4=O)C(C)C)cc3)CC2)/C=C/[C@@H]1C. The maximum atomic E-state index is 13.8. The monoisotopic (exact) mass is 1150 g/mol. The van der Waals surface area contributed by atoms with Crippen LogP contribution in [0.25, 0.3) is 0 Å². The summed E-state index contributed by atoms with van der Waals surface area (Å²) in [6, 6.07) is 4.77. The van der Waals surface area contributed by atoms with E-state index in [0.717, 1.165) is 4.90 Å². The predicted molar refractivity (Wildman–Crippen MR) is 303 cm³/mol. The third-order valence-corrected chi connectivity index (χ3v) is 15.6. The predicted octanol–water partition coefficient (Wildman–Crippen LogP) is 5.39. The van der Waals surface area contributed by atoms with Gasteiger partial charge < -0.3 is 64.8 Å². The van der Waals surface area contributed by atoms with Crippen molar-refractivity contribution in [1.82, 2.24) is 25.3 Å². The number of benzene rings is 1. The van der Waals surface area contributed by atoms with Gasteiger partial charge in [0.2, 0.25) is 17.7 Å². The molecular weight excluding hydrogens is 1060 g/mol. The van der Waals surface area contributed by atoms with Gasteiger partial charge in [-0.05, 0) is 95.1 Å². The lowest BCUT2D eigenvalue weighted by molar-refractivity contribution is -0.151. The highest BCUT2D eigenvalue weighted by Crippen LogP contribution is 2.38. The van der Waals surface area contributed by atoms with Gasteiger partial charge in [0.05, 0.1) is 36.4 Å². The molecule has 454 valence electrons. The van der Waals surface area contributed by atoms with Gasteiger partial charge in [-0.25, -0.2) is 9.59 Å². The average Bonchev–Trinajstić information content (AvgIpc) is 4.34. The molecule has 0 saturated carbocycles. The quantitative estimate of drug-likeness (QED) is 0.0144. The molecule has 82 heavy (non-hydrogen) atoms. The fourth-order valence-electron chi connectivity index (χ4n) is 9.97. The summed E-state index contributed by atoms with van der Waals surface area (Å²) >= 11 is 0. The fourth-order valence-corrected chi connectivity index (χ4v) is 9.97. The number of methoxy groups -OCH3 is 1. The lowest BCUT2D eigenvalue weighted by atomic mass is 9.88. The zero-order chi connectivity index (χ0) is 60.5. The van der Waals surface area contributed by atoms with Crippen molar-refractivity contribution in [3.05, 3.63) is 77.9 Å². The first-order valence-corrected chi connectivity index (χ1v) is 28.7. The van der Waals surface area contributed by atoms with Gasteiger partial charge in [-0.1, -0.05) is 77.5 Å². The Bertz CT molecular complexity index is 2490. The lowest BCUT2D eigenvalue weighted by Gasteiger charge is -2.38. The van der Waals surface area contributed by atoms with E-state index in [9.17, 15) is 53.7 Å². The Kier molecular flexibility index (Phi) is 24.9. The molecule has 22 nitrogen and oxygen atoms in total. The van der Waals surface area contributed by atoms with Gasteiger partial charge >= 0.3 is 18.2 Å². The molecule has 4 aliphatic heterocycles. The van der Waals surface area contributed by atoms with Crippen LogP contribution in [-0.2, 0) is 59.1 Å². The molecule has 0 bridgehead atoms. The van der Waals surface area contributed by atoms with E-state index in [4.69, 9.17) is 23.7 Å². The first-order valence-electron chi connectivity index (χ1n) is 28.7. The molecule has 1 unspecified atom stereocenters. The van der Waals surface area contributed by atoms with Crippen LogP contribution in [0, 0.1) is 17.8 Å². The molecule has 22 heteroatoms. The van der Waals surface area contributed by atoms with Crippen LogP contribution in [0.15, 0.2) is 72.4 Å². The molecule has 4 heterocycles. The largest absolute Gasteiger partial charge is 0.457 e. The number of nitrogens with one attached hydrogen (secondary N) is 3. The molecule has 1 aromatic rings. The van der Waals surface area contributed by atoms with Gasteiger partial charge in [-0.2, -0.15) is 0 Å². The van der Waals surface area contributed by atoms with E-state index in [1.807, 2.05) is 20.8 Å². The summed E-state index contributed by atoms with van der Waals surface area (Å²) in [6.07, 6.45) is 9.10.